The minimum Gasteiger partial charge on any atom is -0.376 e. The first-order valence-corrected chi connectivity index (χ1v) is 11.9. The molecule has 2 aliphatic rings. The molecule has 0 aliphatic carbocycles. The van der Waals surface area contributed by atoms with Gasteiger partial charge in [-0.3, -0.25) is 9.36 Å². The zero-order valence-electron chi connectivity index (χ0n) is 18.1. The third-order valence-corrected chi connectivity index (χ3v) is 7.51. The maximum absolute atomic E-state index is 12.5. The summed E-state index contributed by atoms with van der Waals surface area (Å²) in [5.74, 6) is 0.00509. The van der Waals surface area contributed by atoms with E-state index < -0.39 is 15.4 Å². The second kappa shape index (κ2) is 8.22. The predicted molar refractivity (Wildman–Crippen MR) is 116 cm³/mol. The fraction of sp³-hybridized carbons (Fsp3) is 0.455. The third-order valence-electron chi connectivity index (χ3n) is 5.60. The van der Waals surface area contributed by atoms with Crippen LogP contribution in [0.25, 0.3) is 0 Å². The van der Waals surface area contributed by atoms with Crippen molar-refractivity contribution in [1.29, 1.82) is 0 Å². The van der Waals surface area contributed by atoms with Gasteiger partial charge in [0.25, 0.3) is 0 Å². The number of aromatic nitrogens is 4. The summed E-state index contributed by atoms with van der Waals surface area (Å²) >= 11 is 0. The summed E-state index contributed by atoms with van der Waals surface area (Å²) in [5, 5.41) is 8.60. The Labute approximate surface area is 182 Å². The van der Waals surface area contributed by atoms with Gasteiger partial charge in [-0.15, -0.1) is 0 Å². The van der Waals surface area contributed by atoms with Gasteiger partial charge in [-0.25, -0.2) is 8.42 Å². The fourth-order valence-electron chi connectivity index (χ4n) is 3.60. The van der Waals surface area contributed by atoms with Crippen molar-refractivity contribution in [1.82, 2.24) is 19.6 Å². The van der Waals surface area contributed by atoms with E-state index in [1.807, 2.05) is 37.0 Å². The first-order valence-electron chi connectivity index (χ1n) is 10.2. The molecular formula is C22H28N4O4S. The van der Waals surface area contributed by atoms with Crippen molar-refractivity contribution in [3.05, 3.63) is 66.2 Å². The van der Waals surface area contributed by atoms with Crippen molar-refractivity contribution in [2.45, 2.75) is 36.7 Å². The minimum atomic E-state index is -3.36. The third kappa shape index (κ3) is 4.44. The number of rotatable bonds is 5. The van der Waals surface area contributed by atoms with Crippen molar-refractivity contribution in [2.75, 3.05) is 32.2 Å². The van der Waals surface area contributed by atoms with E-state index in [9.17, 15) is 8.42 Å². The molecular weight excluding hydrogens is 416 g/mol. The first-order chi connectivity index (χ1) is 14.7. The smallest absolute Gasteiger partial charge is 0.180 e. The molecule has 9 heteroatoms. The second-order valence-corrected chi connectivity index (χ2v) is 10.6. The number of aryl methyl sites for hydroxylation is 2. The molecule has 0 radical (unpaired) electrons. The van der Waals surface area contributed by atoms with E-state index in [1.165, 1.54) is 0 Å². The van der Waals surface area contributed by atoms with Crippen molar-refractivity contribution < 1.29 is 17.9 Å². The number of hydrogen-bond donors (Lipinski definition) is 0. The lowest BCUT2D eigenvalue weighted by atomic mass is 10.0. The molecule has 0 bridgehead atoms. The Hall–Kier alpha value is -2.49. The largest absolute Gasteiger partial charge is 0.376 e. The van der Waals surface area contributed by atoms with Crippen LogP contribution in [-0.2, 0) is 30.4 Å². The van der Waals surface area contributed by atoms with Crippen molar-refractivity contribution in [3.63, 3.8) is 0 Å². The van der Waals surface area contributed by atoms with Crippen molar-refractivity contribution in [3.8, 4) is 0 Å². The quantitative estimate of drug-likeness (QED) is 0.600. The van der Waals surface area contributed by atoms with Crippen LogP contribution in [0.5, 0.6) is 0 Å². The highest BCUT2D eigenvalue weighted by Crippen LogP contribution is 2.30. The second-order valence-electron chi connectivity index (χ2n) is 8.64. The lowest BCUT2D eigenvalue weighted by Gasteiger charge is -2.41. The monoisotopic (exact) mass is 444 g/mol. The maximum Gasteiger partial charge on any atom is 0.180 e. The minimum absolute atomic E-state index is 0.00509. The Kier molecular flexibility index (Phi) is 5.76. The zero-order valence-corrected chi connectivity index (χ0v) is 18.9. The molecule has 0 amide bonds. The number of sulfone groups is 1. The molecule has 5 rings (SSSR count). The van der Waals surface area contributed by atoms with Crippen LogP contribution in [0, 0.1) is 13.8 Å². The Morgan fingerprint density at radius 2 is 1.68 bits per heavy atom. The topological polar surface area (TPSA) is 88.2 Å². The molecule has 0 spiro atoms. The zero-order chi connectivity index (χ0) is 22.1. The van der Waals surface area contributed by atoms with Crippen molar-refractivity contribution >= 4 is 9.84 Å². The summed E-state index contributed by atoms with van der Waals surface area (Å²) in [4.78, 5) is 0.343. The number of benzene rings is 1. The molecule has 1 aromatic carbocycles. The Balaban J connectivity index is 0.000000177. The molecule has 2 aliphatic heterocycles. The molecule has 2 fully saturated rings. The Bertz CT molecular complexity index is 1130. The maximum atomic E-state index is 12.5. The van der Waals surface area contributed by atoms with Gasteiger partial charge in [0.05, 0.1) is 49.0 Å². The molecule has 8 nitrogen and oxygen atoms in total. The van der Waals surface area contributed by atoms with Gasteiger partial charge in [0.1, 0.15) is 11.1 Å². The van der Waals surface area contributed by atoms with E-state index in [0.717, 1.165) is 24.5 Å². The number of ether oxygens (including phenoxy) is 2. The Morgan fingerprint density at radius 1 is 1.00 bits per heavy atom. The molecule has 166 valence electrons. The van der Waals surface area contributed by atoms with Crippen LogP contribution in [0.4, 0.5) is 0 Å². The number of nitrogens with zero attached hydrogens (tertiary/aromatic N) is 4. The van der Waals surface area contributed by atoms with Crippen LogP contribution in [0.3, 0.4) is 0 Å². The lowest BCUT2D eigenvalue weighted by Crippen LogP contribution is -2.56. The van der Waals surface area contributed by atoms with E-state index in [2.05, 4.69) is 17.1 Å². The van der Waals surface area contributed by atoms with Gasteiger partial charge >= 0.3 is 0 Å². The first kappa shape index (κ1) is 21.7. The highest BCUT2D eigenvalue weighted by molar-refractivity contribution is 7.91. The molecule has 0 atom stereocenters. The average Bonchev–Trinajstić information content (AvgIpc) is 3.33. The van der Waals surface area contributed by atoms with Crippen LogP contribution < -0.4 is 0 Å². The SMILES string of the molecule is Cc1ccn(C2(C)COC2)n1.Cc1cnn(C2(CS(=O)(=O)c3ccccc3)COC2)c1. The van der Waals surface area contributed by atoms with E-state index in [1.54, 1.807) is 41.2 Å². The summed E-state index contributed by atoms with van der Waals surface area (Å²) in [6, 6.07) is 10.5. The van der Waals surface area contributed by atoms with Gasteiger partial charge in [-0.05, 0) is 44.5 Å². The van der Waals surface area contributed by atoms with E-state index >= 15 is 0 Å². The van der Waals surface area contributed by atoms with Crippen LogP contribution in [0.15, 0.2) is 59.9 Å². The molecule has 4 heterocycles. The van der Waals surface area contributed by atoms with Gasteiger partial charge in [0, 0.05) is 12.4 Å². The van der Waals surface area contributed by atoms with Crippen molar-refractivity contribution in [2.24, 2.45) is 0 Å². The molecule has 2 aromatic heterocycles. The van der Waals surface area contributed by atoms with Crippen LogP contribution in [-0.4, -0.2) is 60.2 Å². The summed E-state index contributed by atoms with van der Waals surface area (Å²) < 4.78 is 39.2. The van der Waals surface area contributed by atoms with E-state index in [-0.39, 0.29) is 11.3 Å². The summed E-state index contributed by atoms with van der Waals surface area (Å²) in [6.07, 6.45) is 5.61. The van der Waals surface area contributed by atoms with E-state index in [0.29, 0.717) is 18.1 Å². The lowest BCUT2D eigenvalue weighted by molar-refractivity contribution is -0.0959. The highest BCUT2D eigenvalue weighted by Gasteiger charge is 2.45. The molecule has 3 aromatic rings. The van der Waals surface area contributed by atoms with E-state index in [4.69, 9.17) is 9.47 Å². The highest BCUT2D eigenvalue weighted by atomic mass is 32.2. The molecule has 0 saturated carbocycles. The van der Waals surface area contributed by atoms with Gasteiger partial charge in [-0.1, -0.05) is 18.2 Å². The summed E-state index contributed by atoms with van der Waals surface area (Å²) in [5.41, 5.74) is 1.61. The fourth-order valence-corrected chi connectivity index (χ4v) is 5.35. The molecule has 31 heavy (non-hydrogen) atoms. The predicted octanol–water partition coefficient (Wildman–Crippen LogP) is 2.33. The molecule has 2 saturated heterocycles. The van der Waals surface area contributed by atoms with Gasteiger partial charge in [0.15, 0.2) is 9.84 Å². The number of hydrogen-bond acceptors (Lipinski definition) is 6. The van der Waals surface area contributed by atoms with Gasteiger partial charge in [0.2, 0.25) is 0 Å². The Morgan fingerprint density at radius 3 is 2.13 bits per heavy atom. The standard InChI is InChI=1S/C14H16N2O3S.C8H12N2O/c1-12-7-15-16(8-12)14(9-19-10-14)11-20(17,18)13-5-3-2-4-6-13;1-7-3-4-10(9-7)8(2)5-11-6-8/h2-8H,9-11H2,1H3;3-4H,5-6H2,1-2H3. The normalized spacial score (nSPS) is 18.9. The molecule has 0 unspecified atom stereocenters. The van der Waals surface area contributed by atoms with Crippen LogP contribution in [0.1, 0.15) is 18.2 Å². The average molecular weight is 445 g/mol. The molecule has 0 N–H and O–H groups in total. The van der Waals surface area contributed by atoms with Crippen LogP contribution >= 0.6 is 0 Å². The van der Waals surface area contributed by atoms with Gasteiger partial charge in [-0.2, -0.15) is 10.2 Å². The van der Waals surface area contributed by atoms with Crippen LogP contribution in [0.2, 0.25) is 0 Å². The summed E-state index contributed by atoms with van der Waals surface area (Å²) in [6.45, 7) is 8.41. The summed E-state index contributed by atoms with van der Waals surface area (Å²) in [7, 11) is -3.36. The van der Waals surface area contributed by atoms with Gasteiger partial charge < -0.3 is 9.47 Å².